The van der Waals surface area contributed by atoms with E-state index in [2.05, 4.69) is 13.8 Å². The van der Waals surface area contributed by atoms with Gasteiger partial charge in [-0.1, -0.05) is 20.3 Å². The molecule has 0 saturated carbocycles. The summed E-state index contributed by atoms with van der Waals surface area (Å²) in [5, 5.41) is 9.65. The summed E-state index contributed by atoms with van der Waals surface area (Å²) < 4.78 is 10.5. The first kappa shape index (κ1) is 11.0. The van der Waals surface area contributed by atoms with Gasteiger partial charge in [0.15, 0.2) is 6.29 Å². The van der Waals surface area contributed by atoms with Crippen molar-refractivity contribution in [1.82, 2.24) is 0 Å². The van der Waals surface area contributed by atoms with Crippen LogP contribution in [-0.4, -0.2) is 30.7 Å². The molecule has 78 valence electrons. The maximum Gasteiger partial charge on any atom is 0.160 e. The lowest BCUT2D eigenvalue weighted by molar-refractivity contribution is -0.0727. The van der Waals surface area contributed by atoms with E-state index in [0.29, 0.717) is 25.6 Å². The Bertz CT molecular complexity index is 132. The molecule has 0 aromatic carbocycles. The average molecular weight is 188 g/mol. The molecule has 0 bridgehead atoms. The highest BCUT2D eigenvalue weighted by atomic mass is 16.7. The van der Waals surface area contributed by atoms with Crippen LogP contribution in [0.25, 0.3) is 0 Å². The number of aliphatic hydroxyl groups is 1. The zero-order valence-corrected chi connectivity index (χ0v) is 8.53. The van der Waals surface area contributed by atoms with Crippen molar-refractivity contribution in [3.05, 3.63) is 0 Å². The molecule has 0 aromatic rings. The molecule has 3 nitrogen and oxygen atoms in total. The normalized spacial score (nSPS) is 23.3. The predicted molar refractivity (Wildman–Crippen MR) is 50.4 cm³/mol. The van der Waals surface area contributed by atoms with E-state index in [1.54, 1.807) is 0 Å². The molecule has 2 atom stereocenters. The lowest BCUT2D eigenvalue weighted by atomic mass is 9.99. The van der Waals surface area contributed by atoms with Crippen LogP contribution in [0.5, 0.6) is 0 Å². The fourth-order valence-electron chi connectivity index (χ4n) is 1.49. The SMILES string of the molecule is CCC(C)CC(O)CC1OCCO1. The molecular weight excluding hydrogens is 168 g/mol. The molecule has 0 radical (unpaired) electrons. The maximum atomic E-state index is 9.65. The fraction of sp³-hybridized carbons (Fsp3) is 1.00. The Morgan fingerprint density at radius 3 is 2.54 bits per heavy atom. The summed E-state index contributed by atoms with van der Waals surface area (Å²) in [6.45, 7) is 5.63. The number of rotatable bonds is 5. The third-order valence-electron chi connectivity index (χ3n) is 2.53. The van der Waals surface area contributed by atoms with Gasteiger partial charge in [-0.05, 0) is 12.3 Å². The minimum Gasteiger partial charge on any atom is -0.393 e. The van der Waals surface area contributed by atoms with Crippen LogP contribution in [0.4, 0.5) is 0 Å². The zero-order valence-electron chi connectivity index (χ0n) is 8.53. The summed E-state index contributed by atoms with van der Waals surface area (Å²) in [5.41, 5.74) is 0. The van der Waals surface area contributed by atoms with E-state index in [-0.39, 0.29) is 12.4 Å². The van der Waals surface area contributed by atoms with Crippen LogP contribution < -0.4 is 0 Å². The molecule has 13 heavy (non-hydrogen) atoms. The van der Waals surface area contributed by atoms with Crippen LogP contribution in [0.2, 0.25) is 0 Å². The Morgan fingerprint density at radius 1 is 1.38 bits per heavy atom. The number of hydrogen-bond acceptors (Lipinski definition) is 3. The van der Waals surface area contributed by atoms with Crippen molar-refractivity contribution < 1.29 is 14.6 Å². The van der Waals surface area contributed by atoms with Gasteiger partial charge in [-0.15, -0.1) is 0 Å². The van der Waals surface area contributed by atoms with Crippen molar-refractivity contribution in [1.29, 1.82) is 0 Å². The number of ether oxygens (including phenoxy) is 2. The van der Waals surface area contributed by atoms with E-state index in [9.17, 15) is 5.11 Å². The Kier molecular flexibility index (Phi) is 4.70. The second kappa shape index (κ2) is 5.58. The molecule has 0 spiro atoms. The van der Waals surface area contributed by atoms with E-state index in [1.165, 1.54) is 0 Å². The molecule has 0 aromatic heterocycles. The van der Waals surface area contributed by atoms with E-state index in [1.807, 2.05) is 0 Å². The van der Waals surface area contributed by atoms with Gasteiger partial charge >= 0.3 is 0 Å². The largest absolute Gasteiger partial charge is 0.393 e. The lowest BCUT2D eigenvalue weighted by Crippen LogP contribution is -2.20. The standard InChI is InChI=1S/C10H20O3/c1-3-8(2)6-9(11)7-10-12-4-5-13-10/h8-11H,3-7H2,1-2H3. The van der Waals surface area contributed by atoms with Gasteiger partial charge in [0.25, 0.3) is 0 Å². The van der Waals surface area contributed by atoms with Crippen molar-refractivity contribution in [2.75, 3.05) is 13.2 Å². The van der Waals surface area contributed by atoms with Gasteiger partial charge in [-0.25, -0.2) is 0 Å². The average Bonchev–Trinajstić information content (AvgIpc) is 2.56. The van der Waals surface area contributed by atoms with Crippen LogP contribution in [0.1, 0.15) is 33.1 Å². The van der Waals surface area contributed by atoms with E-state index in [4.69, 9.17) is 9.47 Å². The highest BCUT2D eigenvalue weighted by Gasteiger charge is 2.20. The van der Waals surface area contributed by atoms with Crippen molar-refractivity contribution >= 4 is 0 Å². The van der Waals surface area contributed by atoms with Crippen molar-refractivity contribution in [3.8, 4) is 0 Å². The molecule has 0 amide bonds. The van der Waals surface area contributed by atoms with Crippen LogP contribution in [-0.2, 0) is 9.47 Å². The molecule has 1 fully saturated rings. The van der Waals surface area contributed by atoms with Gasteiger partial charge in [-0.2, -0.15) is 0 Å². The summed E-state index contributed by atoms with van der Waals surface area (Å²) in [6.07, 6.45) is 2.13. The number of aliphatic hydroxyl groups excluding tert-OH is 1. The van der Waals surface area contributed by atoms with Crippen LogP contribution >= 0.6 is 0 Å². The molecular formula is C10H20O3. The van der Waals surface area contributed by atoms with Crippen LogP contribution in [0, 0.1) is 5.92 Å². The van der Waals surface area contributed by atoms with Crippen molar-refractivity contribution in [2.45, 2.75) is 45.5 Å². The molecule has 1 N–H and O–H groups in total. The molecule has 1 saturated heterocycles. The molecule has 1 heterocycles. The highest BCUT2D eigenvalue weighted by molar-refractivity contribution is 4.64. The van der Waals surface area contributed by atoms with Gasteiger partial charge in [0.2, 0.25) is 0 Å². The summed E-state index contributed by atoms with van der Waals surface area (Å²) in [6, 6.07) is 0. The Labute approximate surface area is 80.0 Å². The monoisotopic (exact) mass is 188 g/mol. The maximum absolute atomic E-state index is 9.65. The van der Waals surface area contributed by atoms with Gasteiger partial charge in [0.1, 0.15) is 0 Å². The summed E-state index contributed by atoms with van der Waals surface area (Å²) in [4.78, 5) is 0. The summed E-state index contributed by atoms with van der Waals surface area (Å²) >= 11 is 0. The zero-order chi connectivity index (χ0) is 9.68. The van der Waals surface area contributed by atoms with Crippen LogP contribution in [0.3, 0.4) is 0 Å². The first-order valence-corrected chi connectivity index (χ1v) is 5.13. The lowest BCUT2D eigenvalue weighted by Gasteiger charge is -2.17. The molecule has 2 unspecified atom stereocenters. The molecule has 0 aliphatic carbocycles. The second-order valence-corrected chi connectivity index (χ2v) is 3.81. The predicted octanol–water partition coefficient (Wildman–Crippen LogP) is 1.55. The first-order chi connectivity index (χ1) is 6.22. The molecule has 1 aliphatic rings. The van der Waals surface area contributed by atoms with Gasteiger partial charge in [0, 0.05) is 6.42 Å². The second-order valence-electron chi connectivity index (χ2n) is 3.81. The van der Waals surface area contributed by atoms with E-state index >= 15 is 0 Å². The Hall–Kier alpha value is -0.120. The summed E-state index contributed by atoms with van der Waals surface area (Å²) in [5.74, 6) is 0.580. The van der Waals surface area contributed by atoms with E-state index < -0.39 is 0 Å². The molecule has 1 aliphatic heterocycles. The van der Waals surface area contributed by atoms with E-state index in [0.717, 1.165) is 12.8 Å². The van der Waals surface area contributed by atoms with Crippen molar-refractivity contribution in [3.63, 3.8) is 0 Å². The third-order valence-corrected chi connectivity index (χ3v) is 2.53. The minimum absolute atomic E-state index is 0.168. The van der Waals surface area contributed by atoms with Crippen LogP contribution in [0.15, 0.2) is 0 Å². The smallest absolute Gasteiger partial charge is 0.160 e. The molecule has 3 heteroatoms. The third kappa shape index (κ3) is 4.07. The topological polar surface area (TPSA) is 38.7 Å². The van der Waals surface area contributed by atoms with Gasteiger partial charge in [-0.3, -0.25) is 0 Å². The summed E-state index contributed by atoms with van der Waals surface area (Å²) in [7, 11) is 0. The Morgan fingerprint density at radius 2 is 2.00 bits per heavy atom. The Balaban J connectivity index is 2.12. The quantitative estimate of drug-likeness (QED) is 0.711. The minimum atomic E-state index is -0.280. The molecule has 1 rings (SSSR count). The number of hydrogen-bond donors (Lipinski definition) is 1. The highest BCUT2D eigenvalue weighted by Crippen LogP contribution is 2.17. The fourth-order valence-corrected chi connectivity index (χ4v) is 1.49. The van der Waals surface area contributed by atoms with Gasteiger partial charge < -0.3 is 14.6 Å². The van der Waals surface area contributed by atoms with Gasteiger partial charge in [0.05, 0.1) is 19.3 Å². The van der Waals surface area contributed by atoms with Crippen molar-refractivity contribution in [2.24, 2.45) is 5.92 Å². The first-order valence-electron chi connectivity index (χ1n) is 5.13.